The summed E-state index contributed by atoms with van der Waals surface area (Å²) < 4.78 is 46.2. The minimum Gasteiger partial charge on any atom is -0.388 e. The Hall–Kier alpha value is -3.52. The maximum absolute atomic E-state index is 15.0. The van der Waals surface area contributed by atoms with Gasteiger partial charge in [-0.05, 0) is 48.7 Å². The minimum absolute atomic E-state index is 0.0323. The number of hydrogen-bond donors (Lipinski definition) is 1. The van der Waals surface area contributed by atoms with Crippen molar-refractivity contribution in [2.24, 2.45) is 3.77 Å². The van der Waals surface area contributed by atoms with Crippen LogP contribution in [0.1, 0.15) is 35.1 Å². The van der Waals surface area contributed by atoms with E-state index in [1.165, 1.54) is 18.2 Å². The fourth-order valence-corrected chi connectivity index (χ4v) is 9.06. The first-order valence-electron chi connectivity index (χ1n) is 12.3. The van der Waals surface area contributed by atoms with Gasteiger partial charge in [0.2, 0.25) is 0 Å². The van der Waals surface area contributed by atoms with Crippen molar-refractivity contribution in [3.05, 3.63) is 145 Å². The summed E-state index contributed by atoms with van der Waals surface area (Å²) in [6.07, 6.45) is 0.824. The first-order chi connectivity index (χ1) is 18.2. The molecule has 0 bridgehead atoms. The fraction of sp³-hybridized carbons (Fsp3) is 0.161. The largest absolute Gasteiger partial charge is 0.388 e. The van der Waals surface area contributed by atoms with Crippen molar-refractivity contribution >= 4 is 19.8 Å². The number of benzene rings is 4. The Balaban J connectivity index is 1.92. The molecule has 0 heterocycles. The molecule has 7 heteroatoms. The Morgan fingerprint density at radius 2 is 1.24 bits per heavy atom. The van der Waals surface area contributed by atoms with Gasteiger partial charge in [-0.3, -0.25) is 0 Å². The molecule has 4 aromatic carbocycles. The third kappa shape index (κ3) is 6.13. The van der Waals surface area contributed by atoms with E-state index < -0.39 is 37.0 Å². The lowest BCUT2D eigenvalue weighted by Gasteiger charge is -2.30. The molecular weight excluding hydrogens is 514 g/mol. The van der Waals surface area contributed by atoms with Crippen LogP contribution in [-0.2, 0) is 19.8 Å². The third-order valence-corrected chi connectivity index (χ3v) is 11.2. The highest BCUT2D eigenvalue weighted by Gasteiger charge is 2.35. The molecule has 0 spiro atoms. The molecule has 0 aliphatic heterocycles. The van der Waals surface area contributed by atoms with Crippen LogP contribution in [0.15, 0.2) is 141 Å². The Labute approximate surface area is 225 Å². The first-order valence-corrected chi connectivity index (χ1v) is 15.3. The molecule has 196 valence electrons. The zero-order chi connectivity index (χ0) is 27.2. The number of hydrogen-bond acceptors (Lipinski definition) is 4. The van der Waals surface area contributed by atoms with E-state index in [2.05, 4.69) is 10.3 Å². The van der Waals surface area contributed by atoms with E-state index in [9.17, 15) is 13.5 Å². The zero-order valence-corrected chi connectivity index (χ0v) is 22.8. The Bertz CT molecular complexity index is 1580. The summed E-state index contributed by atoms with van der Waals surface area (Å²) in [5.74, 6) is -0.548. The van der Waals surface area contributed by atoms with Crippen molar-refractivity contribution in [1.29, 1.82) is 0 Å². The van der Waals surface area contributed by atoms with E-state index >= 15 is 4.21 Å². The molecule has 0 fully saturated rings. The molecule has 1 N–H and O–H groups in total. The minimum atomic E-state index is -4.30. The van der Waals surface area contributed by atoms with E-state index in [1.807, 2.05) is 67.6 Å². The van der Waals surface area contributed by atoms with Gasteiger partial charge in [0.05, 0.1) is 26.0 Å². The fourth-order valence-electron chi connectivity index (χ4n) is 4.49. The SMILES string of the molecule is C=C[C@H]([C@@H](C[C@@H](O)c1ccccc1)c1ccccc1)S(=O)(=NS(=O)(=O)c1ccc(C)cc1)c1ccccc1. The van der Waals surface area contributed by atoms with Crippen LogP contribution in [0.5, 0.6) is 0 Å². The monoisotopic (exact) mass is 545 g/mol. The quantitative estimate of drug-likeness (QED) is 0.226. The first kappa shape index (κ1) is 27.5. The summed E-state index contributed by atoms with van der Waals surface area (Å²) >= 11 is 0. The average molecular weight is 546 g/mol. The topological polar surface area (TPSA) is 83.8 Å². The van der Waals surface area contributed by atoms with Crippen LogP contribution in [0, 0.1) is 6.92 Å². The lowest BCUT2D eigenvalue weighted by Crippen LogP contribution is -2.29. The number of aliphatic hydroxyl groups excluding tert-OH is 1. The molecule has 0 amide bonds. The van der Waals surface area contributed by atoms with Crippen LogP contribution in [0.25, 0.3) is 0 Å². The van der Waals surface area contributed by atoms with Crippen LogP contribution < -0.4 is 0 Å². The van der Waals surface area contributed by atoms with Crippen molar-refractivity contribution < 1.29 is 17.7 Å². The van der Waals surface area contributed by atoms with Crippen LogP contribution in [-0.4, -0.2) is 23.0 Å². The summed E-state index contributed by atoms with van der Waals surface area (Å²) in [5, 5.41) is 10.3. The van der Waals surface area contributed by atoms with Crippen LogP contribution >= 0.6 is 0 Å². The maximum atomic E-state index is 15.0. The molecule has 4 rings (SSSR count). The van der Waals surface area contributed by atoms with Gasteiger partial charge in [0.1, 0.15) is 0 Å². The Morgan fingerprint density at radius 1 is 0.737 bits per heavy atom. The highest BCUT2D eigenvalue weighted by atomic mass is 32.3. The van der Waals surface area contributed by atoms with Gasteiger partial charge in [-0.2, -0.15) is 8.42 Å². The van der Waals surface area contributed by atoms with Gasteiger partial charge in [-0.25, -0.2) is 4.21 Å². The molecule has 4 aromatic rings. The van der Waals surface area contributed by atoms with Crippen molar-refractivity contribution in [2.45, 2.75) is 40.4 Å². The highest BCUT2D eigenvalue weighted by molar-refractivity contribution is 8.03. The maximum Gasteiger partial charge on any atom is 0.290 e. The third-order valence-electron chi connectivity index (χ3n) is 6.50. The van der Waals surface area contributed by atoms with E-state index in [-0.39, 0.29) is 16.2 Å². The molecule has 0 aliphatic rings. The number of aliphatic hydroxyl groups is 1. The number of rotatable bonds is 10. The van der Waals surface area contributed by atoms with Crippen molar-refractivity contribution in [3.63, 3.8) is 0 Å². The van der Waals surface area contributed by atoms with Crippen LogP contribution in [0.4, 0.5) is 0 Å². The molecule has 0 aliphatic carbocycles. The smallest absolute Gasteiger partial charge is 0.290 e. The van der Waals surface area contributed by atoms with E-state index in [4.69, 9.17) is 0 Å². The lowest BCUT2D eigenvalue weighted by molar-refractivity contribution is 0.158. The molecule has 38 heavy (non-hydrogen) atoms. The summed E-state index contributed by atoms with van der Waals surface area (Å²) in [5.41, 5.74) is 2.42. The van der Waals surface area contributed by atoms with E-state index in [0.29, 0.717) is 5.56 Å². The predicted octanol–water partition coefficient (Wildman–Crippen LogP) is 6.67. The Morgan fingerprint density at radius 3 is 1.76 bits per heavy atom. The normalized spacial score (nSPS) is 15.5. The summed E-state index contributed by atoms with van der Waals surface area (Å²) in [7, 11) is -7.94. The highest BCUT2D eigenvalue weighted by Crippen LogP contribution is 2.38. The summed E-state index contributed by atoms with van der Waals surface area (Å²) in [6, 6.07) is 33.3. The number of aryl methyl sites for hydroxylation is 1. The number of sulfonamides is 1. The summed E-state index contributed by atoms with van der Waals surface area (Å²) in [4.78, 5) is 0.255. The van der Waals surface area contributed by atoms with Crippen molar-refractivity contribution in [3.8, 4) is 0 Å². The van der Waals surface area contributed by atoms with E-state index in [0.717, 1.165) is 11.1 Å². The van der Waals surface area contributed by atoms with E-state index in [1.54, 1.807) is 42.5 Å². The van der Waals surface area contributed by atoms with Crippen LogP contribution in [0.3, 0.4) is 0 Å². The molecule has 0 aromatic heterocycles. The van der Waals surface area contributed by atoms with Gasteiger partial charge in [-0.15, -0.1) is 10.3 Å². The molecule has 0 saturated carbocycles. The molecule has 5 nitrogen and oxygen atoms in total. The van der Waals surface area contributed by atoms with Gasteiger partial charge in [0, 0.05) is 10.8 Å². The van der Waals surface area contributed by atoms with Crippen LogP contribution in [0.2, 0.25) is 0 Å². The van der Waals surface area contributed by atoms with Gasteiger partial charge < -0.3 is 5.11 Å². The molecule has 4 atom stereocenters. The summed E-state index contributed by atoms with van der Waals surface area (Å²) in [6.45, 7) is 5.84. The average Bonchev–Trinajstić information content (AvgIpc) is 2.94. The molecule has 1 unspecified atom stereocenters. The lowest BCUT2D eigenvalue weighted by atomic mass is 9.88. The second-order valence-electron chi connectivity index (χ2n) is 9.12. The predicted molar refractivity (Wildman–Crippen MR) is 153 cm³/mol. The van der Waals surface area contributed by atoms with Gasteiger partial charge >= 0.3 is 0 Å². The number of nitrogens with zero attached hydrogens (tertiary/aromatic N) is 1. The van der Waals surface area contributed by atoms with Crippen molar-refractivity contribution in [2.75, 3.05) is 0 Å². The van der Waals surface area contributed by atoms with Gasteiger partial charge in [-0.1, -0.05) is 103 Å². The van der Waals surface area contributed by atoms with Gasteiger partial charge in [0.15, 0.2) is 0 Å². The second kappa shape index (κ2) is 11.9. The molecular formula is C31H31NO4S2. The Kier molecular flexibility index (Phi) is 8.62. The second-order valence-corrected chi connectivity index (χ2v) is 13.3. The molecule has 0 radical (unpaired) electrons. The zero-order valence-electron chi connectivity index (χ0n) is 21.1. The molecule has 0 saturated heterocycles. The van der Waals surface area contributed by atoms with Crippen molar-refractivity contribution in [1.82, 2.24) is 0 Å². The van der Waals surface area contributed by atoms with Gasteiger partial charge in [0.25, 0.3) is 10.0 Å². The standard InChI is InChI=1S/C31H31NO4S2/c1-3-31(29(25-13-7-4-8-14-25)23-30(33)26-15-9-5-10-16-26)37(34,27-17-11-6-12-18-27)32-38(35,36)28-21-19-24(2)20-22-28/h3-22,29-31,33H,1,23H2,2H3/t29-,30+,31+,37?/m0/s1.